The number of nitrogens with one attached hydrogen (secondary N) is 1. The molecule has 1 aromatic heterocycles. The maximum atomic E-state index is 12.4. The Kier molecular flexibility index (Phi) is 6.42. The van der Waals surface area contributed by atoms with Crippen LogP contribution in [0.25, 0.3) is 0 Å². The molecule has 32 heavy (non-hydrogen) atoms. The Morgan fingerprint density at radius 1 is 1.38 bits per heavy atom. The van der Waals surface area contributed by atoms with E-state index in [0.29, 0.717) is 53.8 Å². The van der Waals surface area contributed by atoms with Gasteiger partial charge in [0.25, 0.3) is 0 Å². The minimum absolute atomic E-state index is 0.290. The third-order valence-electron chi connectivity index (χ3n) is 4.77. The number of hydrogen-bond acceptors (Lipinski definition) is 11. The molecule has 11 nitrogen and oxygen atoms in total. The molecule has 0 bridgehead atoms. The maximum Gasteiger partial charge on any atom is 0.420 e. The van der Waals surface area contributed by atoms with Crippen molar-refractivity contribution in [3.8, 4) is 16.6 Å². The number of nitrogen functional groups attached to an aromatic ring is 1. The summed E-state index contributed by atoms with van der Waals surface area (Å²) in [5, 5.41) is 3.30. The van der Waals surface area contributed by atoms with Gasteiger partial charge in [0, 0.05) is 18.7 Å². The van der Waals surface area contributed by atoms with E-state index in [1.807, 2.05) is 31.1 Å². The standard InChI is InChI=1S/C20H25N7O4S/c1-26(2)8-4-10-30-13-6-5-12-15(16(13)29-3)24-19(27-9-7-22-17(12)27)25-20(28)31-14-11-23-18(21)32-14/h5-6,11H,4,7-10H2,1-3H3,(H2,21,23)(H,24,25,28). The first-order valence-electron chi connectivity index (χ1n) is 10.1. The van der Waals surface area contributed by atoms with E-state index in [9.17, 15) is 4.79 Å². The number of carbonyl (C=O) groups excluding carboxylic acids is 1. The van der Waals surface area contributed by atoms with Crippen molar-refractivity contribution in [3.05, 3.63) is 23.9 Å². The van der Waals surface area contributed by atoms with Gasteiger partial charge in [-0.2, -0.15) is 0 Å². The summed E-state index contributed by atoms with van der Waals surface area (Å²) in [6, 6.07) is 3.78. The highest BCUT2D eigenvalue weighted by atomic mass is 32.1. The molecule has 3 heterocycles. The largest absolute Gasteiger partial charge is 0.491 e. The number of fused-ring (bicyclic) bond motifs is 3. The van der Waals surface area contributed by atoms with Gasteiger partial charge < -0.3 is 24.8 Å². The topological polar surface area (TPSA) is 127 Å². The second-order valence-electron chi connectivity index (χ2n) is 7.32. The second-order valence-corrected chi connectivity index (χ2v) is 8.35. The van der Waals surface area contributed by atoms with Crippen molar-refractivity contribution in [2.24, 2.45) is 9.98 Å². The molecule has 1 aromatic carbocycles. The van der Waals surface area contributed by atoms with E-state index < -0.39 is 6.09 Å². The number of amidine groups is 1. The van der Waals surface area contributed by atoms with Crippen LogP contribution < -0.4 is 25.3 Å². The van der Waals surface area contributed by atoms with E-state index in [0.717, 1.165) is 29.9 Å². The molecule has 0 fully saturated rings. The predicted octanol–water partition coefficient (Wildman–Crippen LogP) is 1.92. The zero-order chi connectivity index (χ0) is 22.7. The summed E-state index contributed by atoms with van der Waals surface area (Å²) in [5.74, 6) is 2.09. The summed E-state index contributed by atoms with van der Waals surface area (Å²) < 4.78 is 16.8. The lowest BCUT2D eigenvalue weighted by Crippen LogP contribution is -2.48. The number of benzene rings is 1. The lowest BCUT2D eigenvalue weighted by Gasteiger charge is -2.28. The smallest absolute Gasteiger partial charge is 0.420 e. The first kappa shape index (κ1) is 21.8. The highest BCUT2D eigenvalue weighted by molar-refractivity contribution is 7.17. The molecular formula is C20H25N7O4S. The Balaban J connectivity index is 1.58. The third-order valence-corrected chi connectivity index (χ3v) is 5.48. The SMILES string of the molecule is COc1c(OCCCN(C)C)ccc2c1N=C(NC(=O)Oc1cnc(N)s1)N1CCN=C21. The van der Waals surface area contributed by atoms with Gasteiger partial charge in [0.05, 0.1) is 26.5 Å². The Hall–Kier alpha value is -3.38. The number of nitrogens with zero attached hydrogens (tertiary/aromatic N) is 5. The molecule has 2 aliphatic heterocycles. The van der Waals surface area contributed by atoms with Gasteiger partial charge in [0.1, 0.15) is 11.5 Å². The van der Waals surface area contributed by atoms with Gasteiger partial charge >= 0.3 is 6.09 Å². The first-order chi connectivity index (χ1) is 15.5. The number of anilines is 1. The molecule has 4 rings (SSSR count). The van der Waals surface area contributed by atoms with Crippen LogP contribution in [0.4, 0.5) is 15.6 Å². The number of aliphatic imine (C=N–C) groups is 2. The van der Waals surface area contributed by atoms with Gasteiger partial charge in [-0.05, 0) is 32.6 Å². The summed E-state index contributed by atoms with van der Waals surface area (Å²) in [6.07, 6.45) is 1.57. The fourth-order valence-electron chi connectivity index (χ4n) is 3.39. The summed E-state index contributed by atoms with van der Waals surface area (Å²) in [6.45, 7) is 2.63. The van der Waals surface area contributed by atoms with E-state index >= 15 is 0 Å². The van der Waals surface area contributed by atoms with E-state index in [2.05, 4.69) is 25.2 Å². The first-order valence-corrected chi connectivity index (χ1v) is 10.9. The number of nitrogens with two attached hydrogens (primary N) is 1. The molecule has 0 unspecified atom stereocenters. The molecular weight excluding hydrogens is 434 g/mol. The molecule has 170 valence electrons. The second kappa shape index (κ2) is 9.40. The predicted molar refractivity (Wildman–Crippen MR) is 123 cm³/mol. The van der Waals surface area contributed by atoms with E-state index in [4.69, 9.17) is 19.9 Å². The number of guanidine groups is 1. The fourth-order valence-corrected chi connectivity index (χ4v) is 3.93. The zero-order valence-electron chi connectivity index (χ0n) is 18.1. The summed E-state index contributed by atoms with van der Waals surface area (Å²) in [4.78, 5) is 29.5. The van der Waals surface area contributed by atoms with Crippen LogP contribution in [0.2, 0.25) is 0 Å². The molecule has 2 aromatic rings. The highest BCUT2D eigenvalue weighted by Gasteiger charge is 2.33. The zero-order valence-corrected chi connectivity index (χ0v) is 18.9. The molecule has 12 heteroatoms. The number of methoxy groups -OCH3 is 1. The normalized spacial score (nSPS) is 14.4. The van der Waals surface area contributed by atoms with E-state index in [1.54, 1.807) is 7.11 Å². The van der Waals surface area contributed by atoms with Crippen LogP contribution in [-0.4, -0.2) is 80.1 Å². The molecule has 0 spiro atoms. The van der Waals surface area contributed by atoms with Gasteiger partial charge in [-0.3, -0.25) is 15.2 Å². The summed E-state index contributed by atoms with van der Waals surface area (Å²) >= 11 is 1.07. The van der Waals surface area contributed by atoms with Crippen molar-refractivity contribution in [2.45, 2.75) is 6.42 Å². The van der Waals surface area contributed by atoms with Crippen molar-refractivity contribution in [1.29, 1.82) is 0 Å². The van der Waals surface area contributed by atoms with Crippen LogP contribution >= 0.6 is 11.3 Å². The van der Waals surface area contributed by atoms with Crippen molar-refractivity contribution in [2.75, 3.05) is 53.2 Å². The third kappa shape index (κ3) is 4.60. The Morgan fingerprint density at radius 2 is 2.22 bits per heavy atom. The monoisotopic (exact) mass is 459 g/mol. The molecule has 0 radical (unpaired) electrons. The quantitative estimate of drug-likeness (QED) is 0.601. The number of amides is 1. The minimum Gasteiger partial charge on any atom is -0.491 e. The molecule has 1 amide bonds. The highest BCUT2D eigenvalue weighted by Crippen LogP contribution is 2.43. The van der Waals surface area contributed by atoms with Crippen molar-refractivity contribution in [3.63, 3.8) is 0 Å². The maximum absolute atomic E-state index is 12.4. The van der Waals surface area contributed by atoms with Crippen molar-refractivity contribution in [1.82, 2.24) is 20.1 Å². The van der Waals surface area contributed by atoms with Gasteiger partial charge in [-0.15, -0.1) is 0 Å². The Morgan fingerprint density at radius 3 is 2.94 bits per heavy atom. The molecule has 0 atom stereocenters. The molecule has 0 saturated carbocycles. The number of thiazole rings is 1. The van der Waals surface area contributed by atoms with E-state index in [-0.39, 0.29) is 5.06 Å². The van der Waals surface area contributed by atoms with Crippen molar-refractivity contribution < 1.29 is 19.0 Å². The van der Waals surface area contributed by atoms with Gasteiger partial charge in [0.15, 0.2) is 16.6 Å². The minimum atomic E-state index is -0.697. The van der Waals surface area contributed by atoms with Crippen LogP contribution in [0, 0.1) is 0 Å². The van der Waals surface area contributed by atoms with Gasteiger partial charge in [-0.25, -0.2) is 14.8 Å². The molecule has 0 aliphatic carbocycles. The lowest BCUT2D eigenvalue weighted by atomic mass is 10.1. The number of carbonyl (C=O) groups is 1. The molecule has 0 saturated heterocycles. The number of aromatic nitrogens is 1. The number of ether oxygens (including phenoxy) is 3. The van der Waals surface area contributed by atoms with Gasteiger partial charge in [0.2, 0.25) is 11.0 Å². The summed E-state index contributed by atoms with van der Waals surface area (Å²) in [5.41, 5.74) is 6.95. The van der Waals surface area contributed by atoms with Crippen molar-refractivity contribution >= 4 is 40.0 Å². The molecule has 2 aliphatic rings. The van der Waals surface area contributed by atoms with Gasteiger partial charge in [-0.1, -0.05) is 11.3 Å². The van der Waals surface area contributed by atoms with Crippen LogP contribution in [0.3, 0.4) is 0 Å². The Labute approximate surface area is 189 Å². The number of rotatable bonds is 7. The summed E-state index contributed by atoms with van der Waals surface area (Å²) in [7, 11) is 5.60. The van der Waals surface area contributed by atoms with E-state index in [1.165, 1.54) is 6.20 Å². The van der Waals surface area contributed by atoms with Crippen LogP contribution in [0.15, 0.2) is 28.3 Å². The van der Waals surface area contributed by atoms with Crippen LogP contribution in [-0.2, 0) is 0 Å². The average Bonchev–Trinajstić information content (AvgIpc) is 3.40. The number of hydrogen-bond donors (Lipinski definition) is 2. The Bertz CT molecular complexity index is 1070. The average molecular weight is 460 g/mol. The molecule has 3 N–H and O–H groups in total. The lowest BCUT2D eigenvalue weighted by molar-refractivity contribution is 0.206. The fraction of sp³-hybridized carbons (Fsp3) is 0.400. The van der Waals surface area contributed by atoms with Crippen LogP contribution in [0.5, 0.6) is 16.6 Å². The van der Waals surface area contributed by atoms with Crippen LogP contribution in [0.1, 0.15) is 12.0 Å².